The van der Waals surface area contributed by atoms with E-state index < -0.39 is 10.0 Å². The molecule has 8 heteroatoms. The van der Waals surface area contributed by atoms with Crippen molar-refractivity contribution in [2.75, 3.05) is 19.6 Å². The van der Waals surface area contributed by atoms with Crippen LogP contribution >= 0.6 is 0 Å². The third-order valence-electron chi connectivity index (χ3n) is 5.12. The normalized spacial score (nSPS) is 23.9. The van der Waals surface area contributed by atoms with Crippen LogP contribution in [0.1, 0.15) is 31.7 Å². The van der Waals surface area contributed by atoms with Crippen molar-refractivity contribution in [2.24, 2.45) is 5.92 Å². The van der Waals surface area contributed by atoms with Gasteiger partial charge in [0, 0.05) is 32.1 Å². The van der Waals surface area contributed by atoms with Crippen molar-refractivity contribution in [3.63, 3.8) is 0 Å². The monoisotopic (exact) mass is 379 g/mol. The Balaban J connectivity index is 1.55. The highest BCUT2D eigenvalue weighted by molar-refractivity contribution is 7.89. The fourth-order valence-corrected chi connectivity index (χ4v) is 4.93. The summed E-state index contributed by atoms with van der Waals surface area (Å²) in [4.78, 5) is 23.9. The molecular weight excluding hydrogens is 354 g/mol. The summed E-state index contributed by atoms with van der Waals surface area (Å²) in [5.74, 6) is -0.133. The molecule has 0 radical (unpaired) electrons. The second-order valence-corrected chi connectivity index (χ2v) is 8.91. The number of carbonyl (C=O) groups excluding carboxylic acids is 2. The summed E-state index contributed by atoms with van der Waals surface area (Å²) in [6.07, 6.45) is 2.33. The van der Waals surface area contributed by atoms with E-state index in [0.29, 0.717) is 32.6 Å². The van der Waals surface area contributed by atoms with Crippen LogP contribution in [0.3, 0.4) is 0 Å². The molecule has 2 aliphatic heterocycles. The molecule has 0 aliphatic carbocycles. The molecule has 2 fully saturated rings. The first-order valence-electron chi connectivity index (χ1n) is 8.98. The van der Waals surface area contributed by atoms with Gasteiger partial charge in [-0.15, -0.1) is 0 Å². The van der Waals surface area contributed by atoms with Crippen molar-refractivity contribution in [3.05, 3.63) is 29.8 Å². The maximum Gasteiger partial charge on any atom is 0.243 e. The fourth-order valence-electron chi connectivity index (χ4n) is 3.41. The van der Waals surface area contributed by atoms with Gasteiger partial charge >= 0.3 is 0 Å². The first-order chi connectivity index (χ1) is 12.4. The molecule has 2 heterocycles. The van der Waals surface area contributed by atoms with Crippen molar-refractivity contribution < 1.29 is 18.0 Å². The smallest absolute Gasteiger partial charge is 0.243 e. The van der Waals surface area contributed by atoms with E-state index in [0.717, 1.165) is 18.4 Å². The van der Waals surface area contributed by atoms with Gasteiger partial charge in [-0.2, -0.15) is 4.31 Å². The zero-order chi connectivity index (χ0) is 18.7. The first-order valence-corrected chi connectivity index (χ1v) is 10.4. The molecule has 1 aromatic rings. The third-order valence-corrected chi connectivity index (χ3v) is 7.03. The van der Waals surface area contributed by atoms with Crippen LogP contribution in [0.4, 0.5) is 0 Å². The molecule has 2 unspecified atom stereocenters. The Hall–Kier alpha value is -1.77. The van der Waals surface area contributed by atoms with Gasteiger partial charge < -0.3 is 10.6 Å². The molecule has 142 valence electrons. The lowest BCUT2D eigenvalue weighted by Crippen LogP contribution is -2.40. The van der Waals surface area contributed by atoms with Gasteiger partial charge in [-0.1, -0.05) is 12.1 Å². The molecule has 2 atom stereocenters. The van der Waals surface area contributed by atoms with E-state index in [-0.39, 0.29) is 28.5 Å². The molecule has 26 heavy (non-hydrogen) atoms. The Morgan fingerprint density at radius 1 is 1.19 bits per heavy atom. The van der Waals surface area contributed by atoms with Gasteiger partial charge in [0.1, 0.15) is 5.78 Å². The summed E-state index contributed by atoms with van der Waals surface area (Å²) < 4.78 is 26.5. The Labute approximate surface area is 154 Å². The predicted molar refractivity (Wildman–Crippen MR) is 96.9 cm³/mol. The zero-order valence-corrected chi connectivity index (χ0v) is 15.7. The summed E-state index contributed by atoms with van der Waals surface area (Å²) in [5.41, 5.74) is 0.833. The SMILES string of the molecule is CC(=O)C1CNC(C(=O)NCc2ccc(S(=O)(=O)N3CCCC3)cc2)C1. The maximum absolute atomic E-state index is 12.5. The second-order valence-electron chi connectivity index (χ2n) is 6.98. The Morgan fingerprint density at radius 2 is 1.85 bits per heavy atom. The molecule has 2 N–H and O–H groups in total. The van der Waals surface area contributed by atoms with Gasteiger partial charge in [-0.25, -0.2) is 8.42 Å². The minimum atomic E-state index is -3.41. The molecule has 7 nitrogen and oxygen atoms in total. The average molecular weight is 379 g/mol. The third kappa shape index (κ3) is 4.13. The minimum Gasteiger partial charge on any atom is -0.351 e. The molecule has 3 rings (SSSR count). The highest BCUT2D eigenvalue weighted by atomic mass is 32.2. The number of rotatable bonds is 6. The highest BCUT2D eigenvalue weighted by Crippen LogP contribution is 2.21. The van der Waals surface area contributed by atoms with E-state index in [1.54, 1.807) is 31.2 Å². The molecule has 2 aliphatic rings. The van der Waals surface area contributed by atoms with Crippen LogP contribution in [-0.2, 0) is 26.2 Å². The molecule has 1 amide bonds. The van der Waals surface area contributed by atoms with E-state index in [1.807, 2.05) is 0 Å². The zero-order valence-electron chi connectivity index (χ0n) is 14.9. The number of Topliss-reactive ketones (excluding diaryl/α,β-unsaturated/α-hetero) is 1. The van der Waals surface area contributed by atoms with Crippen molar-refractivity contribution in [3.8, 4) is 0 Å². The Kier molecular flexibility index (Phi) is 5.74. The topological polar surface area (TPSA) is 95.6 Å². The Morgan fingerprint density at radius 3 is 2.42 bits per heavy atom. The Bertz CT molecular complexity index is 770. The number of carbonyl (C=O) groups is 2. The number of hydrogen-bond acceptors (Lipinski definition) is 5. The summed E-state index contributed by atoms with van der Waals surface area (Å²) in [5, 5.41) is 5.91. The molecule has 0 saturated carbocycles. The van der Waals surface area contributed by atoms with Crippen LogP contribution in [-0.4, -0.2) is 50.1 Å². The van der Waals surface area contributed by atoms with Gasteiger partial charge in [0.2, 0.25) is 15.9 Å². The van der Waals surface area contributed by atoms with E-state index in [4.69, 9.17) is 0 Å². The lowest BCUT2D eigenvalue weighted by atomic mass is 10.0. The van der Waals surface area contributed by atoms with E-state index >= 15 is 0 Å². The van der Waals surface area contributed by atoms with Crippen LogP contribution in [0.15, 0.2) is 29.2 Å². The predicted octanol–water partition coefficient (Wildman–Crippen LogP) is 0.654. The molecule has 0 spiro atoms. The minimum absolute atomic E-state index is 0.0965. The van der Waals surface area contributed by atoms with E-state index in [1.165, 1.54) is 4.31 Å². The number of ketones is 1. The van der Waals surface area contributed by atoms with E-state index in [2.05, 4.69) is 10.6 Å². The van der Waals surface area contributed by atoms with Crippen LogP contribution < -0.4 is 10.6 Å². The molecular formula is C18H25N3O4S. The summed E-state index contributed by atoms with van der Waals surface area (Å²) in [7, 11) is -3.41. The van der Waals surface area contributed by atoms with Crippen molar-refractivity contribution >= 4 is 21.7 Å². The number of nitrogens with zero attached hydrogens (tertiary/aromatic N) is 1. The van der Waals surface area contributed by atoms with Gasteiger partial charge in [-0.05, 0) is 43.9 Å². The first kappa shape index (κ1) is 19.0. The average Bonchev–Trinajstić information content (AvgIpc) is 3.31. The second kappa shape index (κ2) is 7.85. The summed E-state index contributed by atoms with van der Waals surface area (Å²) in [6, 6.07) is 6.29. The van der Waals surface area contributed by atoms with E-state index in [9.17, 15) is 18.0 Å². The number of amides is 1. The number of sulfonamides is 1. The highest BCUT2D eigenvalue weighted by Gasteiger charge is 2.31. The van der Waals surface area contributed by atoms with Crippen molar-refractivity contribution in [1.29, 1.82) is 0 Å². The number of nitrogens with one attached hydrogen (secondary N) is 2. The van der Waals surface area contributed by atoms with Gasteiger partial charge in [0.05, 0.1) is 10.9 Å². The molecule has 0 bridgehead atoms. The number of benzene rings is 1. The molecule has 0 aromatic heterocycles. The van der Waals surface area contributed by atoms with Crippen molar-refractivity contribution in [2.45, 2.75) is 43.7 Å². The van der Waals surface area contributed by atoms with Crippen LogP contribution in [0, 0.1) is 5.92 Å². The standard InChI is InChI=1S/C18H25N3O4S/c1-13(22)15-10-17(19-12-15)18(23)20-11-14-4-6-16(7-5-14)26(24,25)21-8-2-3-9-21/h4-7,15,17,19H,2-3,8-12H2,1H3,(H,20,23). The molecule has 2 saturated heterocycles. The fraction of sp³-hybridized carbons (Fsp3) is 0.556. The van der Waals surface area contributed by atoms with Crippen LogP contribution in [0.25, 0.3) is 0 Å². The summed E-state index contributed by atoms with van der Waals surface area (Å²) >= 11 is 0. The maximum atomic E-state index is 12.5. The van der Waals surface area contributed by atoms with Crippen LogP contribution in [0.5, 0.6) is 0 Å². The van der Waals surface area contributed by atoms with Crippen LogP contribution in [0.2, 0.25) is 0 Å². The largest absolute Gasteiger partial charge is 0.351 e. The van der Waals surface area contributed by atoms with Gasteiger partial charge in [-0.3, -0.25) is 9.59 Å². The van der Waals surface area contributed by atoms with Gasteiger partial charge in [0.15, 0.2) is 0 Å². The quantitative estimate of drug-likeness (QED) is 0.757. The summed E-state index contributed by atoms with van der Waals surface area (Å²) in [6.45, 7) is 3.57. The van der Waals surface area contributed by atoms with Crippen molar-refractivity contribution in [1.82, 2.24) is 14.9 Å². The number of hydrogen-bond donors (Lipinski definition) is 2. The van der Waals surface area contributed by atoms with Gasteiger partial charge in [0.25, 0.3) is 0 Å². The lowest BCUT2D eigenvalue weighted by Gasteiger charge is -2.16. The molecule has 1 aromatic carbocycles. The lowest BCUT2D eigenvalue weighted by molar-refractivity contribution is -0.123.